The third kappa shape index (κ3) is 7.05. The molecule has 1 unspecified atom stereocenters. The molecule has 2 aromatic carbocycles. The molecule has 0 saturated carbocycles. The van der Waals surface area contributed by atoms with Crippen LogP contribution in [0.4, 0.5) is 5.69 Å². The maximum Gasteiger partial charge on any atom is 0.275 e. The van der Waals surface area contributed by atoms with Crippen LogP contribution < -0.4 is 5.32 Å². The van der Waals surface area contributed by atoms with Gasteiger partial charge in [0.05, 0.1) is 11.5 Å². The fourth-order valence-corrected chi connectivity index (χ4v) is 3.74. The van der Waals surface area contributed by atoms with E-state index in [0.29, 0.717) is 36.0 Å². The molecule has 1 N–H and O–H groups in total. The van der Waals surface area contributed by atoms with E-state index in [-0.39, 0.29) is 35.5 Å². The molecule has 0 aliphatic heterocycles. The monoisotopic (exact) mass is 459 g/mol. The molecule has 172 valence electrons. The van der Waals surface area contributed by atoms with E-state index < -0.39 is 4.92 Å². The second-order valence-electron chi connectivity index (χ2n) is 8.31. The second kappa shape index (κ2) is 11.6. The third-order valence-corrected chi connectivity index (χ3v) is 5.34. The minimum absolute atomic E-state index is 0.0654. The Morgan fingerprint density at radius 2 is 1.75 bits per heavy atom. The summed E-state index contributed by atoms with van der Waals surface area (Å²) in [5.74, 6) is -0.328. The molecular weight excluding hydrogens is 430 g/mol. The van der Waals surface area contributed by atoms with Crippen LogP contribution in [0.5, 0.6) is 0 Å². The molecule has 0 heterocycles. The Hall–Kier alpha value is -2.93. The van der Waals surface area contributed by atoms with Crippen molar-refractivity contribution in [3.8, 4) is 0 Å². The lowest BCUT2D eigenvalue weighted by Gasteiger charge is -2.27. The molecule has 0 aliphatic rings. The van der Waals surface area contributed by atoms with Gasteiger partial charge >= 0.3 is 0 Å². The van der Waals surface area contributed by atoms with Crippen LogP contribution in [0.2, 0.25) is 5.02 Å². The number of hydrogen-bond acceptors (Lipinski definition) is 4. The van der Waals surface area contributed by atoms with Crippen molar-refractivity contribution in [3.63, 3.8) is 0 Å². The highest BCUT2D eigenvalue weighted by molar-refractivity contribution is 6.30. The molecule has 0 radical (unpaired) electrons. The van der Waals surface area contributed by atoms with Crippen molar-refractivity contribution in [3.05, 3.63) is 74.3 Å². The zero-order valence-electron chi connectivity index (χ0n) is 18.9. The summed E-state index contributed by atoms with van der Waals surface area (Å²) >= 11 is 5.98. The number of carbonyl (C=O) groups excluding carboxylic acids is 2. The average molecular weight is 460 g/mol. The van der Waals surface area contributed by atoms with Gasteiger partial charge in [0.25, 0.3) is 11.6 Å². The third-order valence-electron chi connectivity index (χ3n) is 5.09. The Bertz CT molecular complexity index is 960. The SMILES string of the molecule is CCNC(=O)c1ccc(CN(Cc2ccc(Cl)cc2)C(=O)C(C)CC(C)C)c([N+](=O)[O-])c1. The fraction of sp³-hybridized carbons (Fsp3) is 0.417. The Balaban J connectivity index is 2.38. The van der Waals surface area contributed by atoms with E-state index in [4.69, 9.17) is 11.6 Å². The van der Waals surface area contributed by atoms with E-state index in [0.717, 1.165) is 5.56 Å². The predicted molar refractivity (Wildman–Crippen MR) is 125 cm³/mol. The van der Waals surface area contributed by atoms with Gasteiger partial charge in [-0.25, -0.2) is 0 Å². The van der Waals surface area contributed by atoms with E-state index in [1.54, 1.807) is 36.1 Å². The number of nitrogens with zero attached hydrogens (tertiary/aromatic N) is 2. The van der Waals surface area contributed by atoms with Crippen molar-refractivity contribution < 1.29 is 14.5 Å². The molecule has 0 aromatic heterocycles. The van der Waals surface area contributed by atoms with Gasteiger partial charge in [-0.05, 0) is 49.1 Å². The maximum atomic E-state index is 13.3. The van der Waals surface area contributed by atoms with Gasteiger partial charge in [0.15, 0.2) is 0 Å². The van der Waals surface area contributed by atoms with Crippen molar-refractivity contribution in [2.75, 3.05) is 6.54 Å². The molecule has 1 atom stereocenters. The van der Waals surface area contributed by atoms with Crippen molar-refractivity contribution >= 4 is 29.1 Å². The van der Waals surface area contributed by atoms with Crippen LogP contribution in [0.1, 0.15) is 55.6 Å². The molecule has 8 heteroatoms. The molecule has 0 spiro atoms. The van der Waals surface area contributed by atoms with E-state index in [9.17, 15) is 19.7 Å². The van der Waals surface area contributed by atoms with Gasteiger partial charge in [-0.3, -0.25) is 19.7 Å². The van der Waals surface area contributed by atoms with Gasteiger partial charge < -0.3 is 10.2 Å². The first-order valence-electron chi connectivity index (χ1n) is 10.7. The first-order valence-corrected chi connectivity index (χ1v) is 11.1. The van der Waals surface area contributed by atoms with Crippen LogP contribution in [0.3, 0.4) is 0 Å². The topological polar surface area (TPSA) is 92.6 Å². The van der Waals surface area contributed by atoms with Gasteiger partial charge in [0, 0.05) is 41.2 Å². The second-order valence-corrected chi connectivity index (χ2v) is 8.75. The number of rotatable bonds is 10. The highest BCUT2D eigenvalue weighted by Gasteiger charge is 2.25. The van der Waals surface area contributed by atoms with Crippen LogP contribution in [-0.4, -0.2) is 28.2 Å². The molecule has 7 nitrogen and oxygen atoms in total. The molecule has 2 rings (SSSR count). The van der Waals surface area contributed by atoms with Crippen molar-refractivity contribution in [1.29, 1.82) is 0 Å². The number of amides is 2. The standard InChI is InChI=1S/C24H30ClN3O4/c1-5-26-23(29)19-8-9-20(22(13-19)28(31)32)15-27(24(30)17(4)12-16(2)3)14-18-6-10-21(25)11-7-18/h6-11,13,16-17H,5,12,14-15H2,1-4H3,(H,26,29). The Labute approximate surface area is 193 Å². The lowest BCUT2D eigenvalue weighted by molar-refractivity contribution is -0.385. The van der Waals surface area contributed by atoms with E-state index >= 15 is 0 Å². The molecule has 0 saturated heterocycles. The van der Waals surface area contributed by atoms with Crippen LogP contribution in [0, 0.1) is 22.0 Å². The normalized spacial score (nSPS) is 11.8. The van der Waals surface area contributed by atoms with E-state index in [1.165, 1.54) is 6.07 Å². The number of carbonyl (C=O) groups is 2. The molecular formula is C24H30ClN3O4. The largest absolute Gasteiger partial charge is 0.352 e. The summed E-state index contributed by atoms with van der Waals surface area (Å²) in [5.41, 5.74) is 1.29. The number of nitro groups is 1. The Morgan fingerprint density at radius 3 is 2.31 bits per heavy atom. The van der Waals surface area contributed by atoms with Gasteiger partial charge in [-0.2, -0.15) is 0 Å². The van der Waals surface area contributed by atoms with Crippen LogP contribution in [0.25, 0.3) is 0 Å². The predicted octanol–water partition coefficient (Wildman–Crippen LogP) is 5.21. The lowest BCUT2D eigenvalue weighted by Crippen LogP contribution is -2.35. The number of nitro benzene ring substituents is 1. The smallest absolute Gasteiger partial charge is 0.275 e. The zero-order chi connectivity index (χ0) is 23.8. The number of nitrogens with one attached hydrogen (secondary N) is 1. The highest BCUT2D eigenvalue weighted by Crippen LogP contribution is 2.25. The summed E-state index contributed by atoms with van der Waals surface area (Å²) in [6.07, 6.45) is 0.716. The maximum absolute atomic E-state index is 13.3. The summed E-state index contributed by atoms with van der Waals surface area (Å²) in [4.78, 5) is 38.2. The van der Waals surface area contributed by atoms with Gasteiger partial charge in [-0.1, -0.05) is 44.5 Å². The zero-order valence-corrected chi connectivity index (χ0v) is 19.7. The fourth-order valence-electron chi connectivity index (χ4n) is 3.62. The quantitative estimate of drug-likeness (QED) is 0.390. The first-order chi connectivity index (χ1) is 15.1. The molecule has 0 aliphatic carbocycles. The minimum atomic E-state index is -0.513. The Kier molecular flexibility index (Phi) is 9.20. The summed E-state index contributed by atoms with van der Waals surface area (Å²) in [6, 6.07) is 11.5. The van der Waals surface area contributed by atoms with Gasteiger partial charge in [0.1, 0.15) is 0 Å². The van der Waals surface area contributed by atoms with Crippen LogP contribution >= 0.6 is 11.6 Å². The molecule has 0 bridgehead atoms. The van der Waals surface area contributed by atoms with Gasteiger partial charge in [-0.15, -0.1) is 0 Å². The summed E-state index contributed by atoms with van der Waals surface area (Å²) < 4.78 is 0. The number of benzene rings is 2. The summed E-state index contributed by atoms with van der Waals surface area (Å²) in [6.45, 7) is 8.55. The molecule has 2 aromatic rings. The van der Waals surface area contributed by atoms with Gasteiger partial charge in [0.2, 0.25) is 5.91 Å². The molecule has 0 fully saturated rings. The average Bonchev–Trinajstić information content (AvgIpc) is 2.74. The lowest BCUT2D eigenvalue weighted by atomic mass is 9.97. The van der Waals surface area contributed by atoms with Crippen molar-refractivity contribution in [2.45, 2.75) is 47.2 Å². The van der Waals surface area contributed by atoms with Crippen molar-refractivity contribution in [1.82, 2.24) is 10.2 Å². The Morgan fingerprint density at radius 1 is 1.09 bits per heavy atom. The molecule has 32 heavy (non-hydrogen) atoms. The minimum Gasteiger partial charge on any atom is -0.352 e. The van der Waals surface area contributed by atoms with Crippen LogP contribution in [-0.2, 0) is 17.9 Å². The number of hydrogen-bond donors (Lipinski definition) is 1. The molecule has 2 amide bonds. The van der Waals surface area contributed by atoms with Crippen molar-refractivity contribution in [2.24, 2.45) is 11.8 Å². The van der Waals surface area contributed by atoms with Crippen LogP contribution in [0.15, 0.2) is 42.5 Å². The number of halogens is 1. The van der Waals surface area contributed by atoms with E-state index in [2.05, 4.69) is 19.2 Å². The first kappa shape index (κ1) is 25.3. The summed E-state index contributed by atoms with van der Waals surface area (Å²) in [7, 11) is 0. The summed E-state index contributed by atoms with van der Waals surface area (Å²) in [5, 5.41) is 15.0. The highest BCUT2D eigenvalue weighted by atomic mass is 35.5. The van der Waals surface area contributed by atoms with E-state index in [1.807, 2.05) is 19.1 Å².